The van der Waals surface area contributed by atoms with E-state index < -0.39 is 118 Å². The van der Waals surface area contributed by atoms with Gasteiger partial charge in [0.2, 0.25) is 12.1 Å². The van der Waals surface area contributed by atoms with Crippen molar-refractivity contribution < 1.29 is 48.7 Å². The number of aliphatic hydroxyl groups excluding tert-OH is 1. The SMILES string of the molecule is N=C(N)NC(NC(=O)C(NC(=N)N)NC(=O)C(NC(=N)N)NC(=O)C(NC(=N)N)NC(=O)C(NC(=O)C(O)N(CC1=CC2=C3C(=CC=C4C=CC=C1C43)CC=C2)c1ccc([N+](=O)[O-])cc1C(=O)O)c1ccccc1)C(N)=O. The minimum atomic E-state index is -2.37. The van der Waals surface area contributed by atoms with Crippen molar-refractivity contribution in [2.75, 3.05) is 11.4 Å². The number of aliphatic hydroxyl groups is 1. The molecule has 6 rings (SSSR count). The number of nitrogens with zero attached hydrogens (tertiary/aromatic N) is 2. The van der Waals surface area contributed by atoms with Gasteiger partial charge in [-0.15, -0.1) is 0 Å². The molecule has 6 amide bonds. The van der Waals surface area contributed by atoms with Crippen LogP contribution in [0.4, 0.5) is 11.4 Å². The Morgan fingerprint density at radius 2 is 1.23 bits per heavy atom. The van der Waals surface area contributed by atoms with E-state index in [1.54, 1.807) is 6.07 Å². The van der Waals surface area contributed by atoms with Gasteiger partial charge >= 0.3 is 5.97 Å². The van der Waals surface area contributed by atoms with Gasteiger partial charge in [-0.2, -0.15) is 0 Å². The number of anilines is 1. The number of aromatic carboxylic acids is 1. The zero-order valence-electron chi connectivity index (χ0n) is 40.0. The number of carboxylic acids is 1. The summed E-state index contributed by atoms with van der Waals surface area (Å²) >= 11 is 0. The summed E-state index contributed by atoms with van der Waals surface area (Å²) in [4.78, 5) is 106. The largest absolute Gasteiger partial charge is 0.478 e. The molecule has 0 aliphatic heterocycles. The molecule has 402 valence electrons. The van der Waals surface area contributed by atoms with Crippen LogP contribution in [0.25, 0.3) is 0 Å². The normalized spacial score (nSPS) is 16.8. The summed E-state index contributed by atoms with van der Waals surface area (Å²) in [6.07, 6.45) is 5.44. The summed E-state index contributed by atoms with van der Waals surface area (Å²) in [5, 5.41) is 84.1. The van der Waals surface area contributed by atoms with E-state index in [4.69, 9.17) is 50.3 Å². The molecule has 25 N–H and O–H groups in total. The van der Waals surface area contributed by atoms with Crippen LogP contribution in [0.1, 0.15) is 28.4 Å². The number of allylic oxidation sites excluding steroid dienone is 12. The van der Waals surface area contributed by atoms with Gasteiger partial charge in [-0.3, -0.25) is 60.5 Å². The Morgan fingerprint density at radius 3 is 1.77 bits per heavy atom. The average Bonchev–Trinajstić information content (AvgIpc) is 3.41. The van der Waals surface area contributed by atoms with Crippen LogP contribution in [0.3, 0.4) is 0 Å². The zero-order valence-corrected chi connectivity index (χ0v) is 40.0. The lowest BCUT2D eigenvalue weighted by atomic mass is 9.67. The zero-order chi connectivity index (χ0) is 56.4. The van der Waals surface area contributed by atoms with Crippen LogP contribution in [0.5, 0.6) is 0 Å². The van der Waals surface area contributed by atoms with Crippen molar-refractivity contribution in [1.82, 2.24) is 47.9 Å². The predicted octanol–water partition coefficient (Wildman–Crippen LogP) is -4.36. The highest BCUT2D eigenvalue weighted by Crippen LogP contribution is 2.49. The van der Waals surface area contributed by atoms with Crippen LogP contribution in [0.15, 0.2) is 131 Å². The van der Waals surface area contributed by atoms with Gasteiger partial charge in [-0.25, -0.2) is 4.79 Å². The molecular weight excluding hydrogens is 1010 g/mol. The van der Waals surface area contributed by atoms with Gasteiger partial charge in [0.05, 0.1) is 16.2 Å². The Kier molecular flexibility index (Phi) is 17.1. The molecular formula is C46H52N20O11. The molecule has 0 saturated carbocycles. The number of nitrogens with two attached hydrogens (primary N) is 5. The summed E-state index contributed by atoms with van der Waals surface area (Å²) in [7, 11) is 0. The number of rotatable bonds is 22. The van der Waals surface area contributed by atoms with E-state index >= 15 is 0 Å². The second kappa shape index (κ2) is 23.8. The van der Waals surface area contributed by atoms with Gasteiger partial charge < -0.3 is 91.6 Å². The van der Waals surface area contributed by atoms with E-state index in [0.717, 1.165) is 51.0 Å². The number of primary amides is 1. The quantitative estimate of drug-likeness (QED) is 0.0174. The van der Waals surface area contributed by atoms with Crippen LogP contribution in [0.2, 0.25) is 0 Å². The maximum Gasteiger partial charge on any atom is 0.338 e. The summed E-state index contributed by atoms with van der Waals surface area (Å²) in [5.41, 5.74) is 30.5. The summed E-state index contributed by atoms with van der Waals surface area (Å²) in [6.45, 7) is -0.378. The topological polar surface area (TPSA) is 540 Å². The molecule has 0 aromatic heterocycles. The number of benzene rings is 2. The van der Waals surface area contributed by atoms with Gasteiger partial charge in [0, 0.05) is 24.6 Å². The number of hydrogen-bond donors (Lipinski definition) is 20. The highest BCUT2D eigenvalue weighted by molar-refractivity contribution is 6.01. The lowest BCUT2D eigenvalue weighted by molar-refractivity contribution is -0.384. The van der Waals surface area contributed by atoms with Crippen LogP contribution < -0.4 is 81.4 Å². The van der Waals surface area contributed by atoms with E-state index in [1.165, 1.54) is 24.3 Å². The third kappa shape index (κ3) is 13.4. The first-order valence-corrected chi connectivity index (χ1v) is 22.6. The molecule has 2 aromatic rings. The first kappa shape index (κ1) is 55.5. The van der Waals surface area contributed by atoms with E-state index in [9.17, 15) is 53.9 Å². The fourth-order valence-corrected chi connectivity index (χ4v) is 8.39. The molecule has 0 radical (unpaired) electrons. The van der Waals surface area contributed by atoms with Crippen LogP contribution in [0, 0.1) is 37.7 Å². The predicted molar refractivity (Wildman–Crippen MR) is 274 cm³/mol. The highest BCUT2D eigenvalue weighted by atomic mass is 16.6. The van der Waals surface area contributed by atoms with Crippen LogP contribution in [-0.2, 0) is 28.8 Å². The van der Waals surface area contributed by atoms with Gasteiger partial charge in [-0.05, 0) is 57.6 Å². The molecule has 7 atom stereocenters. The third-order valence-electron chi connectivity index (χ3n) is 11.7. The lowest BCUT2D eigenvalue weighted by Crippen LogP contribution is -2.68. The molecule has 0 heterocycles. The Balaban J connectivity index is 1.30. The molecule has 0 saturated heterocycles. The van der Waals surface area contributed by atoms with Crippen LogP contribution >= 0.6 is 0 Å². The molecule has 7 unspecified atom stereocenters. The molecule has 2 aromatic carbocycles. The first-order valence-electron chi connectivity index (χ1n) is 22.6. The standard InChI is InChI=1S/C46H52N20O11/c47-31(67)32(61-43(48)49)57-37(69)34(63-45(52)53)59-39(71)35(64-46(54)55)60-38(70)33(62-44(50)51)58-36(68)30(21-6-2-1-3-7-21)56-40(72)41(73)65(27-15-14-24(66(76)77)17-26(27)42(74)75)18-23-16-22-10-4-8-19-12-13-20-9-5-11-25(23)29(20)28(19)22/h1-7,9-17,29-30,32-35,41,73H,8,18H2,(H2,47,67)(H,56,72)(H,57,69)(H,58,68)(H,59,71)(H,60,70)(H,74,75)(H4,48,49,61)(H4,50,51,62)(H4,52,53,63)(H4,54,55,64). The second-order valence-corrected chi connectivity index (χ2v) is 16.9. The second-order valence-electron chi connectivity index (χ2n) is 16.9. The van der Waals surface area contributed by atoms with Crippen molar-refractivity contribution in [3.05, 3.63) is 152 Å². The van der Waals surface area contributed by atoms with E-state index in [-0.39, 0.29) is 23.7 Å². The van der Waals surface area contributed by atoms with E-state index in [0.29, 0.717) is 12.0 Å². The number of guanidine groups is 4. The maximum atomic E-state index is 14.6. The van der Waals surface area contributed by atoms with Gasteiger partial charge in [0.25, 0.3) is 35.2 Å². The average molecular weight is 1060 g/mol. The first-order chi connectivity index (χ1) is 36.4. The smallest absolute Gasteiger partial charge is 0.338 e. The molecule has 0 spiro atoms. The van der Waals surface area contributed by atoms with Crippen molar-refractivity contribution >= 4 is 76.6 Å². The Morgan fingerprint density at radius 1 is 0.688 bits per heavy atom. The Hall–Kier alpha value is -10.9. The number of carbonyl (C=O) groups excluding carboxylic acids is 6. The minimum absolute atomic E-state index is 0.0219. The minimum Gasteiger partial charge on any atom is -0.478 e. The van der Waals surface area contributed by atoms with E-state index in [2.05, 4.69) is 31.9 Å². The summed E-state index contributed by atoms with van der Waals surface area (Å²) in [6, 6.07) is 8.20. The molecule has 0 fully saturated rings. The number of nitro groups is 1. The number of hydrogen-bond acceptors (Lipinski definition) is 15. The van der Waals surface area contributed by atoms with Gasteiger partial charge in [0.15, 0.2) is 48.5 Å². The molecule has 31 heteroatoms. The summed E-state index contributed by atoms with van der Waals surface area (Å²) < 4.78 is 0. The maximum absolute atomic E-state index is 14.6. The van der Waals surface area contributed by atoms with Crippen molar-refractivity contribution in [3.63, 3.8) is 0 Å². The number of nitrogens with one attached hydrogen (secondary N) is 13. The number of non-ortho nitro benzene ring substituents is 1. The Bertz CT molecular complexity index is 3090. The molecule has 0 bridgehead atoms. The van der Waals surface area contributed by atoms with Crippen molar-refractivity contribution in [1.29, 1.82) is 21.6 Å². The van der Waals surface area contributed by atoms with Crippen molar-refractivity contribution in [2.45, 2.75) is 43.4 Å². The Labute approximate surface area is 435 Å². The van der Waals surface area contributed by atoms with E-state index in [1.807, 2.05) is 64.6 Å². The lowest BCUT2D eigenvalue weighted by Gasteiger charge is -2.40. The van der Waals surface area contributed by atoms with Crippen molar-refractivity contribution in [3.8, 4) is 0 Å². The van der Waals surface area contributed by atoms with Gasteiger partial charge in [-0.1, -0.05) is 72.9 Å². The molecule has 31 nitrogen and oxygen atoms in total. The molecule has 4 aliphatic rings. The third-order valence-corrected chi connectivity index (χ3v) is 11.7. The molecule has 4 aliphatic carbocycles. The number of carboxylic acid groups (broad SMARTS) is 1. The van der Waals surface area contributed by atoms with Crippen LogP contribution in [-0.4, -0.2) is 118 Å². The fraction of sp³-hybridized carbons (Fsp3) is 0.196. The fourth-order valence-electron chi connectivity index (χ4n) is 8.39. The summed E-state index contributed by atoms with van der Waals surface area (Å²) in [5.74, 6) is -13.5. The number of amides is 6. The monoisotopic (exact) mass is 1060 g/mol. The number of carbonyl (C=O) groups is 7. The number of nitro benzene ring substituents is 1. The molecule has 77 heavy (non-hydrogen) atoms. The van der Waals surface area contributed by atoms with Gasteiger partial charge in [0.1, 0.15) is 6.04 Å². The van der Waals surface area contributed by atoms with Crippen molar-refractivity contribution in [2.24, 2.45) is 34.6 Å². The highest BCUT2D eigenvalue weighted by Gasteiger charge is 2.39.